The van der Waals surface area contributed by atoms with Crippen LogP contribution >= 0.6 is 11.3 Å². The van der Waals surface area contributed by atoms with Crippen LogP contribution in [0.25, 0.3) is 0 Å². The zero-order chi connectivity index (χ0) is 16.7. The van der Waals surface area contributed by atoms with E-state index in [0.29, 0.717) is 25.9 Å². The van der Waals surface area contributed by atoms with Crippen molar-refractivity contribution in [2.45, 2.75) is 25.4 Å². The Morgan fingerprint density at radius 1 is 1.57 bits per heavy atom. The van der Waals surface area contributed by atoms with Gasteiger partial charge in [0.05, 0.1) is 18.2 Å². The van der Waals surface area contributed by atoms with Gasteiger partial charge in [-0.2, -0.15) is 0 Å². The molecule has 0 aliphatic carbocycles. The van der Waals surface area contributed by atoms with E-state index >= 15 is 0 Å². The van der Waals surface area contributed by atoms with Crippen LogP contribution in [0.1, 0.15) is 17.7 Å². The van der Waals surface area contributed by atoms with Crippen molar-refractivity contribution in [3.8, 4) is 0 Å². The molecule has 2 aliphatic heterocycles. The third-order valence-corrected chi connectivity index (χ3v) is 6.63. The Labute approximate surface area is 139 Å². The molecule has 3 heterocycles. The third kappa shape index (κ3) is 3.26. The Morgan fingerprint density at radius 2 is 2.35 bits per heavy atom. The van der Waals surface area contributed by atoms with Gasteiger partial charge in [0.25, 0.3) is 0 Å². The monoisotopic (exact) mass is 357 g/mol. The number of nitrogens with zero attached hydrogens (tertiary/aromatic N) is 1. The number of rotatable bonds is 4. The molecule has 9 heteroatoms. The second-order valence-electron chi connectivity index (χ2n) is 6.15. The smallest absolute Gasteiger partial charge is 0.242 e. The predicted molar refractivity (Wildman–Crippen MR) is 86.2 cm³/mol. The van der Waals surface area contributed by atoms with Crippen molar-refractivity contribution < 1.29 is 18.0 Å². The minimum atomic E-state index is -3.31. The van der Waals surface area contributed by atoms with Gasteiger partial charge in [-0.25, -0.2) is 12.7 Å². The summed E-state index contributed by atoms with van der Waals surface area (Å²) >= 11 is 1.55. The van der Waals surface area contributed by atoms with Gasteiger partial charge in [-0.1, -0.05) is 6.07 Å². The van der Waals surface area contributed by atoms with E-state index in [9.17, 15) is 18.0 Å². The number of amides is 2. The number of sulfonamides is 1. The lowest BCUT2D eigenvalue weighted by Gasteiger charge is -2.20. The van der Waals surface area contributed by atoms with Gasteiger partial charge < -0.3 is 10.6 Å². The van der Waals surface area contributed by atoms with Crippen LogP contribution in [-0.2, 0) is 26.2 Å². The average Bonchev–Trinajstić information content (AvgIpc) is 3.19. The quantitative estimate of drug-likeness (QED) is 0.787. The summed E-state index contributed by atoms with van der Waals surface area (Å²) in [5.74, 6) is -0.443. The predicted octanol–water partition coefficient (Wildman–Crippen LogP) is -0.0955. The van der Waals surface area contributed by atoms with Crippen molar-refractivity contribution in [2.75, 3.05) is 19.3 Å². The van der Waals surface area contributed by atoms with E-state index in [1.807, 2.05) is 17.5 Å². The van der Waals surface area contributed by atoms with Crippen LogP contribution in [0.3, 0.4) is 0 Å². The Balaban J connectivity index is 1.62. The molecule has 1 spiro atoms. The molecule has 0 radical (unpaired) electrons. The fourth-order valence-corrected chi connectivity index (χ4v) is 4.73. The standard InChI is InChI=1S/C14H19N3O4S2/c1-23(20,21)17-5-4-14(9-17)7-11(16-13(14)19)12(18)15-8-10-3-2-6-22-10/h2-3,6,11H,4-5,7-9H2,1H3,(H,15,18)(H,16,19)/t11-,14-/m0/s1. The van der Waals surface area contributed by atoms with Crippen LogP contribution in [0.4, 0.5) is 0 Å². The highest BCUT2D eigenvalue weighted by atomic mass is 32.2. The van der Waals surface area contributed by atoms with Gasteiger partial charge in [0, 0.05) is 18.0 Å². The van der Waals surface area contributed by atoms with Gasteiger partial charge in [-0.05, 0) is 24.3 Å². The number of carbonyl (C=O) groups excluding carboxylic acids is 2. The first-order valence-corrected chi connectivity index (χ1v) is 10.1. The average molecular weight is 357 g/mol. The lowest BCUT2D eigenvalue weighted by Crippen LogP contribution is -2.41. The zero-order valence-electron chi connectivity index (χ0n) is 12.7. The molecular weight excluding hydrogens is 338 g/mol. The van der Waals surface area contributed by atoms with Crippen molar-refractivity contribution >= 4 is 33.2 Å². The maximum absolute atomic E-state index is 12.3. The molecule has 1 aromatic rings. The van der Waals surface area contributed by atoms with E-state index in [4.69, 9.17) is 0 Å². The maximum Gasteiger partial charge on any atom is 0.242 e. The number of nitrogens with one attached hydrogen (secondary N) is 2. The van der Waals surface area contributed by atoms with Gasteiger partial charge >= 0.3 is 0 Å². The van der Waals surface area contributed by atoms with Crippen molar-refractivity contribution in [1.82, 2.24) is 14.9 Å². The van der Waals surface area contributed by atoms with Crippen LogP contribution in [0, 0.1) is 5.41 Å². The molecule has 0 unspecified atom stereocenters. The summed E-state index contributed by atoms with van der Waals surface area (Å²) in [6.45, 7) is 0.924. The molecule has 126 valence electrons. The van der Waals surface area contributed by atoms with Gasteiger partial charge in [0.2, 0.25) is 21.8 Å². The number of hydrogen-bond donors (Lipinski definition) is 2. The number of thiophene rings is 1. The van der Waals surface area contributed by atoms with Gasteiger partial charge in [0.1, 0.15) is 6.04 Å². The second kappa shape index (κ2) is 5.88. The van der Waals surface area contributed by atoms with Crippen molar-refractivity contribution in [1.29, 1.82) is 0 Å². The van der Waals surface area contributed by atoms with Crippen molar-refractivity contribution in [3.05, 3.63) is 22.4 Å². The third-order valence-electron chi connectivity index (χ3n) is 4.50. The second-order valence-corrected chi connectivity index (χ2v) is 9.17. The van der Waals surface area contributed by atoms with Gasteiger partial charge in [-0.3, -0.25) is 9.59 Å². The molecule has 23 heavy (non-hydrogen) atoms. The van der Waals surface area contributed by atoms with Crippen LogP contribution < -0.4 is 10.6 Å². The number of hydrogen-bond acceptors (Lipinski definition) is 5. The molecule has 2 amide bonds. The minimum Gasteiger partial charge on any atom is -0.349 e. The highest BCUT2D eigenvalue weighted by Gasteiger charge is 2.53. The molecule has 2 aliphatic rings. The molecule has 7 nitrogen and oxygen atoms in total. The van der Waals surface area contributed by atoms with Gasteiger partial charge in [-0.15, -0.1) is 11.3 Å². The van der Waals surface area contributed by atoms with Crippen LogP contribution in [0.5, 0.6) is 0 Å². The fourth-order valence-electron chi connectivity index (χ4n) is 3.18. The summed E-state index contributed by atoms with van der Waals surface area (Å²) in [7, 11) is -3.31. The zero-order valence-corrected chi connectivity index (χ0v) is 14.4. The lowest BCUT2D eigenvalue weighted by atomic mass is 9.84. The van der Waals surface area contributed by atoms with Crippen molar-refractivity contribution in [2.24, 2.45) is 5.41 Å². The normalized spacial score (nSPS) is 28.2. The Bertz CT molecular complexity index is 716. The first-order valence-electron chi connectivity index (χ1n) is 7.36. The van der Waals surface area contributed by atoms with E-state index in [2.05, 4.69) is 10.6 Å². The minimum absolute atomic E-state index is 0.159. The van der Waals surface area contributed by atoms with E-state index in [-0.39, 0.29) is 18.4 Å². The Morgan fingerprint density at radius 3 is 2.96 bits per heavy atom. The first-order chi connectivity index (χ1) is 10.8. The summed E-state index contributed by atoms with van der Waals surface area (Å²) in [6.07, 6.45) is 1.94. The summed E-state index contributed by atoms with van der Waals surface area (Å²) in [5.41, 5.74) is -0.770. The molecule has 2 fully saturated rings. The summed E-state index contributed by atoms with van der Waals surface area (Å²) < 4.78 is 24.6. The molecule has 3 rings (SSSR count). The maximum atomic E-state index is 12.3. The summed E-state index contributed by atoms with van der Waals surface area (Å²) in [6, 6.07) is 3.25. The molecule has 2 N–H and O–H groups in total. The van der Waals surface area contributed by atoms with Crippen LogP contribution in [0.2, 0.25) is 0 Å². The van der Waals surface area contributed by atoms with E-state index in [0.717, 1.165) is 11.1 Å². The summed E-state index contributed by atoms with van der Waals surface area (Å²) in [4.78, 5) is 25.6. The fraction of sp³-hybridized carbons (Fsp3) is 0.571. The topological polar surface area (TPSA) is 95.6 Å². The lowest BCUT2D eigenvalue weighted by molar-refractivity contribution is -0.128. The molecule has 2 atom stereocenters. The molecule has 1 aromatic heterocycles. The molecule has 0 saturated carbocycles. The Hall–Kier alpha value is -1.45. The molecule has 0 bridgehead atoms. The van der Waals surface area contributed by atoms with E-state index < -0.39 is 21.5 Å². The van der Waals surface area contributed by atoms with E-state index in [1.54, 1.807) is 11.3 Å². The summed E-state index contributed by atoms with van der Waals surface area (Å²) in [5, 5.41) is 7.48. The van der Waals surface area contributed by atoms with Crippen LogP contribution in [-0.4, -0.2) is 49.9 Å². The van der Waals surface area contributed by atoms with Gasteiger partial charge in [0.15, 0.2) is 0 Å². The highest BCUT2D eigenvalue weighted by molar-refractivity contribution is 7.88. The molecule has 2 saturated heterocycles. The Kier molecular flexibility index (Phi) is 4.19. The van der Waals surface area contributed by atoms with Crippen LogP contribution in [0.15, 0.2) is 17.5 Å². The number of carbonyl (C=O) groups is 2. The first kappa shape index (κ1) is 16.4. The molecular formula is C14H19N3O4S2. The SMILES string of the molecule is CS(=O)(=O)N1CC[C@]2(C[C@@H](C(=O)NCc3cccs3)NC2=O)C1. The molecule has 0 aromatic carbocycles. The van der Waals surface area contributed by atoms with Crippen molar-refractivity contribution in [3.63, 3.8) is 0 Å². The highest BCUT2D eigenvalue weighted by Crippen LogP contribution is 2.40. The largest absolute Gasteiger partial charge is 0.349 e. The van der Waals surface area contributed by atoms with E-state index in [1.165, 1.54) is 4.31 Å².